The minimum atomic E-state index is -1.43. The maximum Gasteiger partial charge on any atom is 0.336 e. The summed E-state index contributed by atoms with van der Waals surface area (Å²) in [4.78, 5) is 45.5. The van der Waals surface area contributed by atoms with Crippen LogP contribution in [0.15, 0.2) is 66.7 Å². The Balaban J connectivity index is 1.71. The number of ether oxygens (including phenoxy) is 2. The molecule has 36 heavy (non-hydrogen) atoms. The smallest absolute Gasteiger partial charge is 0.336 e. The van der Waals surface area contributed by atoms with Gasteiger partial charge in [0.25, 0.3) is 0 Å². The lowest BCUT2D eigenvalue weighted by Crippen LogP contribution is -2.08. The van der Waals surface area contributed by atoms with Crippen LogP contribution in [0.3, 0.4) is 0 Å². The molecule has 0 bridgehead atoms. The fraction of sp³-hybridized carbons (Fsp3) is 0. The van der Waals surface area contributed by atoms with E-state index in [4.69, 9.17) is 9.47 Å². The van der Waals surface area contributed by atoms with E-state index >= 15 is 0 Å². The molecule has 1 radical (unpaired) electrons. The van der Waals surface area contributed by atoms with Crippen molar-refractivity contribution in [3.8, 4) is 23.0 Å². The molecule has 0 amide bonds. The molecule has 179 valence electrons. The average Bonchev–Trinajstić information content (AvgIpc) is 2.84. The minimum Gasteiger partial charge on any atom is -0.478 e. The fourth-order valence-corrected chi connectivity index (χ4v) is 3.51. The lowest BCUT2D eigenvalue weighted by atomic mass is 10.1. The van der Waals surface area contributed by atoms with E-state index in [1.165, 1.54) is 18.2 Å². The Morgan fingerprint density at radius 2 is 1.11 bits per heavy atom. The van der Waals surface area contributed by atoms with Crippen LogP contribution in [0.2, 0.25) is 0 Å². The van der Waals surface area contributed by atoms with Gasteiger partial charge >= 0.3 is 23.9 Å². The van der Waals surface area contributed by atoms with Crippen LogP contribution in [0, 0.1) is 6.07 Å². The molecule has 10 heteroatoms. The highest BCUT2D eigenvalue weighted by atomic mass is 16.5. The summed E-state index contributed by atoms with van der Waals surface area (Å²) < 4.78 is 11.7. The Morgan fingerprint density at radius 1 is 0.583 bits per heavy atom. The van der Waals surface area contributed by atoms with Gasteiger partial charge in [-0.25, -0.2) is 19.2 Å². The monoisotopic (exact) mass is 487 g/mol. The van der Waals surface area contributed by atoms with Crippen LogP contribution in [0.4, 0.5) is 0 Å². The number of aromatic carboxylic acids is 4. The van der Waals surface area contributed by atoms with Gasteiger partial charge in [-0.2, -0.15) is 0 Å². The maximum atomic E-state index is 11.5. The van der Waals surface area contributed by atoms with E-state index in [0.717, 1.165) is 24.3 Å². The van der Waals surface area contributed by atoms with Gasteiger partial charge in [0.1, 0.15) is 23.0 Å². The zero-order valence-electron chi connectivity index (χ0n) is 18.1. The molecule has 10 nitrogen and oxygen atoms in total. The van der Waals surface area contributed by atoms with Gasteiger partial charge in [-0.05, 0) is 54.6 Å². The standard InChI is InChI=1S/C26H15O10/c27-23(28)17-9-7-13(11-19(17)25(31)32)35-21-5-1-3-15-16(21)4-2-6-22(15)36-14-8-10-18(24(29)30)20(12-14)26(33)34/h1-5,7-12H,(H,27,28)(H,29,30)(H,31,32)(H,33,34). The Labute approximate surface area is 202 Å². The van der Waals surface area contributed by atoms with Crippen molar-refractivity contribution in [2.45, 2.75) is 0 Å². The van der Waals surface area contributed by atoms with E-state index in [0.29, 0.717) is 16.5 Å². The molecule has 0 spiro atoms. The molecule has 4 N–H and O–H groups in total. The molecule has 0 aliphatic rings. The van der Waals surface area contributed by atoms with E-state index < -0.39 is 35.0 Å². The first-order valence-corrected chi connectivity index (χ1v) is 10.2. The molecule has 0 aromatic heterocycles. The SMILES string of the molecule is O=C(O)c1ccc(Oc2[c]ccc3c(Oc4ccc(C(=O)O)c(C(=O)O)c4)cccc23)cc1C(=O)O. The summed E-state index contributed by atoms with van der Waals surface area (Å²) in [6.07, 6.45) is 0. The summed E-state index contributed by atoms with van der Waals surface area (Å²) in [7, 11) is 0. The largest absolute Gasteiger partial charge is 0.478 e. The molecule has 4 aromatic rings. The van der Waals surface area contributed by atoms with Gasteiger partial charge in [-0.3, -0.25) is 0 Å². The van der Waals surface area contributed by atoms with Crippen molar-refractivity contribution in [2.24, 2.45) is 0 Å². The van der Waals surface area contributed by atoms with Crippen LogP contribution in [-0.2, 0) is 0 Å². The topological polar surface area (TPSA) is 168 Å². The van der Waals surface area contributed by atoms with E-state index in [-0.39, 0.29) is 28.4 Å². The Bertz CT molecular complexity index is 1440. The van der Waals surface area contributed by atoms with Gasteiger partial charge in [0.15, 0.2) is 0 Å². The van der Waals surface area contributed by atoms with Crippen molar-refractivity contribution in [3.63, 3.8) is 0 Å². The van der Waals surface area contributed by atoms with Crippen LogP contribution in [0.25, 0.3) is 10.8 Å². The first-order chi connectivity index (χ1) is 17.2. The van der Waals surface area contributed by atoms with Crippen molar-refractivity contribution in [2.75, 3.05) is 0 Å². The van der Waals surface area contributed by atoms with Crippen LogP contribution in [0.1, 0.15) is 41.4 Å². The lowest BCUT2D eigenvalue weighted by Gasteiger charge is -2.13. The molecular weight excluding hydrogens is 472 g/mol. The van der Waals surface area contributed by atoms with Crippen LogP contribution >= 0.6 is 0 Å². The normalized spacial score (nSPS) is 10.6. The third-order valence-corrected chi connectivity index (χ3v) is 5.13. The molecule has 0 unspecified atom stereocenters. The quantitative estimate of drug-likeness (QED) is 0.265. The number of carbonyl (C=O) groups is 4. The van der Waals surface area contributed by atoms with Crippen LogP contribution in [-0.4, -0.2) is 44.3 Å². The van der Waals surface area contributed by atoms with Crippen molar-refractivity contribution in [1.29, 1.82) is 0 Å². The van der Waals surface area contributed by atoms with Crippen molar-refractivity contribution >= 4 is 34.6 Å². The van der Waals surface area contributed by atoms with Crippen molar-refractivity contribution < 1.29 is 49.1 Å². The summed E-state index contributed by atoms with van der Waals surface area (Å²) in [5, 5.41) is 38.1. The number of hydrogen-bond donors (Lipinski definition) is 4. The zero-order chi connectivity index (χ0) is 26.0. The second kappa shape index (κ2) is 9.47. The molecule has 0 aliphatic heterocycles. The number of rotatable bonds is 8. The number of carboxylic acid groups (broad SMARTS) is 4. The van der Waals surface area contributed by atoms with Gasteiger partial charge in [0, 0.05) is 16.8 Å². The number of fused-ring (bicyclic) bond motifs is 1. The molecular formula is C26H15O10. The molecule has 0 saturated carbocycles. The van der Waals surface area contributed by atoms with Gasteiger partial charge in [-0.1, -0.05) is 12.1 Å². The van der Waals surface area contributed by atoms with Gasteiger partial charge in [0.2, 0.25) is 0 Å². The maximum absolute atomic E-state index is 11.5. The molecule has 0 saturated heterocycles. The first kappa shape index (κ1) is 23.8. The van der Waals surface area contributed by atoms with E-state index in [1.54, 1.807) is 24.3 Å². The number of benzene rings is 4. The number of carboxylic acids is 4. The highest BCUT2D eigenvalue weighted by molar-refractivity contribution is 6.03. The third kappa shape index (κ3) is 4.64. The van der Waals surface area contributed by atoms with Crippen LogP contribution in [0.5, 0.6) is 23.0 Å². The molecule has 0 atom stereocenters. The summed E-state index contributed by atoms with van der Waals surface area (Å²) in [6, 6.07) is 18.1. The van der Waals surface area contributed by atoms with Crippen molar-refractivity contribution in [3.05, 3.63) is 95.1 Å². The Kier molecular flexibility index (Phi) is 6.25. The zero-order valence-corrected chi connectivity index (χ0v) is 18.1. The molecule has 4 aromatic carbocycles. The van der Waals surface area contributed by atoms with E-state index in [1.807, 2.05) is 0 Å². The molecule has 4 rings (SSSR count). The van der Waals surface area contributed by atoms with Gasteiger partial charge < -0.3 is 29.9 Å². The summed E-state index contributed by atoms with van der Waals surface area (Å²) in [5.74, 6) is -4.95. The average molecular weight is 487 g/mol. The van der Waals surface area contributed by atoms with Gasteiger partial charge in [0.05, 0.1) is 22.3 Å². The third-order valence-electron chi connectivity index (χ3n) is 5.13. The van der Waals surface area contributed by atoms with Gasteiger partial charge in [-0.15, -0.1) is 0 Å². The van der Waals surface area contributed by atoms with Crippen LogP contribution < -0.4 is 9.47 Å². The Hall–Kier alpha value is -5.38. The van der Waals surface area contributed by atoms with E-state index in [2.05, 4.69) is 6.07 Å². The lowest BCUT2D eigenvalue weighted by molar-refractivity contribution is 0.0651. The van der Waals surface area contributed by atoms with E-state index in [9.17, 15) is 39.6 Å². The highest BCUT2D eigenvalue weighted by Crippen LogP contribution is 2.37. The first-order valence-electron chi connectivity index (χ1n) is 10.2. The second-order valence-corrected chi connectivity index (χ2v) is 7.36. The molecule has 0 heterocycles. The highest BCUT2D eigenvalue weighted by Gasteiger charge is 2.19. The summed E-state index contributed by atoms with van der Waals surface area (Å²) in [5.41, 5.74) is -1.64. The summed E-state index contributed by atoms with van der Waals surface area (Å²) in [6.45, 7) is 0. The Morgan fingerprint density at radius 3 is 1.64 bits per heavy atom. The van der Waals surface area contributed by atoms with Crippen molar-refractivity contribution in [1.82, 2.24) is 0 Å². The fourth-order valence-electron chi connectivity index (χ4n) is 3.51. The number of hydrogen-bond acceptors (Lipinski definition) is 6. The summed E-state index contributed by atoms with van der Waals surface area (Å²) >= 11 is 0. The predicted octanol–water partition coefficient (Wildman–Crippen LogP) is 5.02. The molecule has 0 aliphatic carbocycles. The predicted molar refractivity (Wildman–Crippen MR) is 124 cm³/mol. The minimum absolute atomic E-state index is 0.0721. The second-order valence-electron chi connectivity index (χ2n) is 7.36. The molecule has 0 fully saturated rings.